The maximum Gasteiger partial charge on any atom is 0.341 e. The third kappa shape index (κ3) is 5.42. The zero-order chi connectivity index (χ0) is 24.1. The predicted molar refractivity (Wildman–Crippen MR) is 128 cm³/mol. The number of para-hydroxylation sites is 1. The Balaban J connectivity index is 1.80. The highest BCUT2D eigenvalue weighted by atomic mass is 32.2. The fourth-order valence-corrected chi connectivity index (χ4v) is 5.09. The molecule has 0 fully saturated rings. The Morgan fingerprint density at radius 2 is 1.85 bits per heavy atom. The van der Waals surface area contributed by atoms with Gasteiger partial charge in [-0.3, -0.25) is 14.2 Å². The Hall–Kier alpha value is -3.18. The summed E-state index contributed by atoms with van der Waals surface area (Å²) in [5, 5.41) is 11.9. The summed E-state index contributed by atoms with van der Waals surface area (Å²) >= 11 is 2.29. The summed E-state index contributed by atoms with van der Waals surface area (Å²) in [7, 11) is 3.26. The Bertz CT molecular complexity index is 1170. The van der Waals surface area contributed by atoms with Gasteiger partial charge in [-0.2, -0.15) is 0 Å². The van der Waals surface area contributed by atoms with Gasteiger partial charge in [0.25, 0.3) is 5.91 Å². The second-order valence-electron chi connectivity index (χ2n) is 7.22. The molecule has 0 aliphatic rings. The molecule has 9 nitrogen and oxygen atoms in total. The van der Waals surface area contributed by atoms with Crippen molar-refractivity contribution in [3.8, 4) is 5.69 Å². The van der Waals surface area contributed by atoms with Crippen LogP contribution in [0.3, 0.4) is 0 Å². The van der Waals surface area contributed by atoms with Crippen LogP contribution in [0, 0.1) is 13.8 Å². The van der Waals surface area contributed by atoms with E-state index >= 15 is 0 Å². The van der Waals surface area contributed by atoms with Crippen LogP contribution in [0.2, 0.25) is 0 Å². The molecule has 2 heterocycles. The van der Waals surface area contributed by atoms with Crippen LogP contribution in [0.25, 0.3) is 5.69 Å². The number of carbonyl (C=O) groups is 3. The summed E-state index contributed by atoms with van der Waals surface area (Å²) in [6, 6.07) is 9.62. The Labute approximate surface area is 200 Å². The molecule has 33 heavy (non-hydrogen) atoms. The maximum atomic E-state index is 12.8. The van der Waals surface area contributed by atoms with E-state index < -0.39 is 5.97 Å². The van der Waals surface area contributed by atoms with Gasteiger partial charge in [-0.1, -0.05) is 30.0 Å². The second-order valence-corrected chi connectivity index (χ2v) is 9.18. The number of anilines is 1. The minimum Gasteiger partial charge on any atom is -0.462 e. The SMILES string of the molecule is CCOC(=O)c1c(NC(=O)CSc2nnc(C)n2-c2ccccc2)sc(C(=O)N(C)C)c1C. The molecule has 2 aromatic heterocycles. The number of thiophene rings is 1. The van der Waals surface area contributed by atoms with Crippen LogP contribution in [0.15, 0.2) is 35.5 Å². The molecule has 0 saturated heterocycles. The summed E-state index contributed by atoms with van der Waals surface area (Å²) in [6.45, 7) is 5.40. The second kappa shape index (κ2) is 10.6. The van der Waals surface area contributed by atoms with Crippen LogP contribution < -0.4 is 5.32 Å². The predicted octanol–water partition coefficient (Wildman–Crippen LogP) is 3.55. The van der Waals surface area contributed by atoms with Crippen molar-refractivity contribution in [3.63, 3.8) is 0 Å². The van der Waals surface area contributed by atoms with E-state index in [2.05, 4.69) is 15.5 Å². The van der Waals surface area contributed by atoms with Gasteiger partial charge in [0.15, 0.2) is 5.16 Å². The number of nitrogens with zero attached hydrogens (tertiary/aromatic N) is 4. The minimum absolute atomic E-state index is 0.0428. The number of esters is 1. The van der Waals surface area contributed by atoms with E-state index in [4.69, 9.17) is 4.74 Å². The molecule has 0 atom stereocenters. The number of aryl methyl sites for hydroxylation is 1. The topological polar surface area (TPSA) is 106 Å². The summed E-state index contributed by atoms with van der Waals surface area (Å²) < 4.78 is 7.01. The minimum atomic E-state index is -0.577. The monoisotopic (exact) mass is 487 g/mol. The molecule has 0 radical (unpaired) electrons. The van der Waals surface area contributed by atoms with Crippen molar-refractivity contribution >= 4 is 45.9 Å². The third-order valence-electron chi connectivity index (χ3n) is 4.62. The van der Waals surface area contributed by atoms with Crippen molar-refractivity contribution < 1.29 is 19.1 Å². The summed E-state index contributed by atoms with van der Waals surface area (Å²) in [5.41, 5.74) is 1.58. The van der Waals surface area contributed by atoms with Gasteiger partial charge in [-0.05, 0) is 38.5 Å². The largest absolute Gasteiger partial charge is 0.462 e. The quantitative estimate of drug-likeness (QED) is 0.382. The van der Waals surface area contributed by atoms with Crippen LogP contribution >= 0.6 is 23.1 Å². The van der Waals surface area contributed by atoms with E-state index in [1.165, 1.54) is 16.7 Å². The molecule has 0 aliphatic heterocycles. The van der Waals surface area contributed by atoms with Gasteiger partial charge >= 0.3 is 5.97 Å². The first-order valence-corrected chi connectivity index (χ1v) is 12.0. The van der Waals surface area contributed by atoms with Crippen LogP contribution in [0.5, 0.6) is 0 Å². The molecule has 0 unspecified atom stereocenters. The molecule has 3 rings (SSSR count). The molecule has 0 spiro atoms. The van der Waals surface area contributed by atoms with Crippen LogP contribution in [0.4, 0.5) is 5.00 Å². The lowest BCUT2D eigenvalue weighted by atomic mass is 10.1. The first kappa shape index (κ1) is 24.5. The molecule has 0 aliphatic carbocycles. The first-order valence-electron chi connectivity index (χ1n) is 10.2. The number of hydrogen-bond acceptors (Lipinski definition) is 8. The van der Waals surface area contributed by atoms with Crippen molar-refractivity contribution in [1.29, 1.82) is 0 Å². The molecule has 174 valence electrons. The smallest absolute Gasteiger partial charge is 0.341 e. The van der Waals surface area contributed by atoms with Gasteiger partial charge in [0, 0.05) is 19.8 Å². The number of thioether (sulfide) groups is 1. The Kier molecular flexibility index (Phi) is 7.88. The van der Waals surface area contributed by atoms with E-state index in [1.54, 1.807) is 27.9 Å². The maximum absolute atomic E-state index is 12.8. The number of rotatable bonds is 8. The number of nitrogens with one attached hydrogen (secondary N) is 1. The van der Waals surface area contributed by atoms with Crippen molar-refractivity contribution in [1.82, 2.24) is 19.7 Å². The van der Waals surface area contributed by atoms with Crippen molar-refractivity contribution in [2.75, 3.05) is 31.8 Å². The van der Waals surface area contributed by atoms with Crippen molar-refractivity contribution in [2.45, 2.75) is 25.9 Å². The Morgan fingerprint density at radius 3 is 2.48 bits per heavy atom. The van der Waals surface area contributed by atoms with Gasteiger partial charge in [0.1, 0.15) is 10.8 Å². The van der Waals surface area contributed by atoms with Gasteiger partial charge < -0.3 is 15.0 Å². The highest BCUT2D eigenvalue weighted by Gasteiger charge is 2.27. The van der Waals surface area contributed by atoms with Crippen LogP contribution in [-0.2, 0) is 9.53 Å². The van der Waals surface area contributed by atoms with Gasteiger partial charge in [0.2, 0.25) is 5.91 Å². The molecule has 1 N–H and O–H groups in total. The normalized spacial score (nSPS) is 10.7. The number of carbonyl (C=O) groups excluding carboxylic acids is 3. The zero-order valence-electron chi connectivity index (χ0n) is 19.0. The third-order valence-corrected chi connectivity index (χ3v) is 6.75. The number of benzene rings is 1. The number of hydrogen-bond donors (Lipinski definition) is 1. The van der Waals surface area contributed by atoms with Crippen molar-refractivity contribution in [3.05, 3.63) is 52.2 Å². The lowest BCUT2D eigenvalue weighted by Crippen LogP contribution is -2.21. The van der Waals surface area contributed by atoms with Gasteiger partial charge in [0.05, 0.1) is 22.8 Å². The van der Waals surface area contributed by atoms with Crippen molar-refractivity contribution in [2.24, 2.45) is 0 Å². The number of ether oxygens (including phenoxy) is 1. The average Bonchev–Trinajstić information content (AvgIpc) is 3.31. The highest BCUT2D eigenvalue weighted by molar-refractivity contribution is 7.99. The first-order chi connectivity index (χ1) is 15.7. The van der Waals surface area contributed by atoms with Gasteiger partial charge in [-0.25, -0.2) is 4.79 Å². The highest BCUT2D eigenvalue weighted by Crippen LogP contribution is 2.34. The van der Waals surface area contributed by atoms with Crippen LogP contribution in [-0.4, -0.2) is 63.9 Å². The summed E-state index contributed by atoms with van der Waals surface area (Å²) in [5.74, 6) is -0.414. The van der Waals surface area contributed by atoms with Gasteiger partial charge in [-0.15, -0.1) is 21.5 Å². The van der Waals surface area contributed by atoms with E-state index in [9.17, 15) is 14.4 Å². The summed E-state index contributed by atoms with van der Waals surface area (Å²) in [6.07, 6.45) is 0. The fraction of sp³-hybridized carbons (Fsp3) is 0.318. The molecular weight excluding hydrogens is 462 g/mol. The fourth-order valence-electron chi connectivity index (χ4n) is 3.06. The van der Waals surface area contributed by atoms with E-state index in [0.29, 0.717) is 26.4 Å². The molecule has 3 aromatic rings. The standard InChI is InChI=1S/C22H25N5O4S2/c1-6-31-21(30)17-13(2)18(20(29)26(4)5)33-19(17)23-16(28)12-32-22-25-24-14(3)27(22)15-10-8-7-9-11-15/h7-11H,6,12H2,1-5H3,(H,23,28). The molecule has 0 saturated carbocycles. The lowest BCUT2D eigenvalue weighted by molar-refractivity contribution is -0.113. The summed E-state index contributed by atoms with van der Waals surface area (Å²) in [4.78, 5) is 39.6. The Morgan fingerprint density at radius 1 is 1.15 bits per heavy atom. The molecule has 2 amide bonds. The lowest BCUT2D eigenvalue weighted by Gasteiger charge is -2.09. The molecule has 11 heteroatoms. The van der Waals surface area contributed by atoms with E-state index in [1.807, 2.05) is 41.8 Å². The molecular formula is C22H25N5O4S2. The molecule has 1 aromatic carbocycles. The van der Waals surface area contributed by atoms with E-state index in [-0.39, 0.29) is 29.7 Å². The number of amides is 2. The van der Waals surface area contributed by atoms with E-state index in [0.717, 1.165) is 17.0 Å². The zero-order valence-corrected chi connectivity index (χ0v) is 20.7. The number of aromatic nitrogens is 3. The average molecular weight is 488 g/mol. The van der Waals surface area contributed by atoms with Crippen LogP contribution in [0.1, 0.15) is 38.3 Å². The molecule has 0 bridgehead atoms.